The summed E-state index contributed by atoms with van der Waals surface area (Å²) in [5.74, 6) is -5.28. The zero-order valence-electron chi connectivity index (χ0n) is 15.1. The number of nitrogens with one attached hydrogen (secondary N) is 3. The maximum absolute atomic E-state index is 12.2. The van der Waals surface area contributed by atoms with E-state index < -0.39 is 67.4 Å². The number of rotatable bonds is 12. The molecule has 12 nitrogen and oxygen atoms in total. The summed E-state index contributed by atoms with van der Waals surface area (Å²) in [7, 11) is 0. The highest BCUT2D eigenvalue weighted by molar-refractivity contribution is 5.93. The Morgan fingerprint density at radius 3 is 2.00 bits per heavy atom. The van der Waals surface area contributed by atoms with Gasteiger partial charge < -0.3 is 37.0 Å². The molecular weight excluding hydrogens is 364 g/mol. The van der Waals surface area contributed by atoms with Crippen molar-refractivity contribution in [2.75, 3.05) is 13.2 Å². The molecule has 3 unspecified atom stereocenters. The monoisotopic (exact) mass is 390 g/mol. The molecule has 0 aliphatic carbocycles. The predicted octanol–water partition coefficient (Wildman–Crippen LogP) is -3.00. The van der Waals surface area contributed by atoms with Gasteiger partial charge >= 0.3 is 11.9 Å². The lowest BCUT2D eigenvalue weighted by atomic mass is 10.0. The van der Waals surface area contributed by atoms with E-state index in [4.69, 9.17) is 21.1 Å². The van der Waals surface area contributed by atoms with Gasteiger partial charge in [0, 0.05) is 0 Å². The summed E-state index contributed by atoms with van der Waals surface area (Å²) >= 11 is 0. The molecule has 0 rings (SSSR count). The van der Waals surface area contributed by atoms with Crippen LogP contribution in [-0.2, 0) is 24.0 Å². The number of carboxylic acid groups (broad SMARTS) is 2. The topological polar surface area (TPSA) is 208 Å². The maximum atomic E-state index is 12.2. The molecule has 8 N–H and O–H groups in total. The SMILES string of the molecule is CC(C)CC(NC(=O)C(N)CO)C(=O)NCC(=O)NC(CC(=O)O)C(=O)O. The van der Waals surface area contributed by atoms with Crippen LogP contribution in [0.25, 0.3) is 0 Å². The Bertz CT molecular complexity index is 566. The molecule has 0 spiro atoms. The summed E-state index contributed by atoms with van der Waals surface area (Å²) in [4.78, 5) is 57.2. The largest absolute Gasteiger partial charge is 0.481 e. The number of carboxylic acids is 2. The second-order valence-electron chi connectivity index (χ2n) is 6.25. The van der Waals surface area contributed by atoms with Crippen molar-refractivity contribution in [3.05, 3.63) is 0 Å². The van der Waals surface area contributed by atoms with Gasteiger partial charge in [-0.25, -0.2) is 4.79 Å². The highest BCUT2D eigenvalue weighted by Gasteiger charge is 2.26. The quantitative estimate of drug-likeness (QED) is 0.181. The lowest BCUT2D eigenvalue weighted by Gasteiger charge is -2.21. The minimum atomic E-state index is -1.64. The van der Waals surface area contributed by atoms with E-state index in [1.165, 1.54) is 0 Å². The van der Waals surface area contributed by atoms with Gasteiger partial charge in [0.15, 0.2) is 0 Å². The average molecular weight is 390 g/mol. The second-order valence-corrected chi connectivity index (χ2v) is 6.25. The first-order valence-electron chi connectivity index (χ1n) is 8.16. The van der Waals surface area contributed by atoms with E-state index in [0.717, 1.165) is 0 Å². The van der Waals surface area contributed by atoms with Gasteiger partial charge in [-0.3, -0.25) is 19.2 Å². The second kappa shape index (κ2) is 11.8. The molecule has 0 aromatic carbocycles. The first kappa shape index (κ1) is 24.3. The Morgan fingerprint density at radius 1 is 0.963 bits per heavy atom. The maximum Gasteiger partial charge on any atom is 0.326 e. The Kier molecular flexibility index (Phi) is 10.6. The van der Waals surface area contributed by atoms with Crippen molar-refractivity contribution in [2.24, 2.45) is 11.7 Å². The van der Waals surface area contributed by atoms with Crippen molar-refractivity contribution >= 4 is 29.7 Å². The van der Waals surface area contributed by atoms with Crippen LogP contribution in [0.1, 0.15) is 26.7 Å². The molecule has 0 aromatic rings. The summed E-state index contributed by atoms with van der Waals surface area (Å²) in [5.41, 5.74) is 5.38. The molecule has 0 saturated heterocycles. The lowest BCUT2D eigenvalue weighted by molar-refractivity contribution is -0.147. The van der Waals surface area contributed by atoms with Crippen LogP contribution in [0.15, 0.2) is 0 Å². The lowest BCUT2D eigenvalue weighted by Crippen LogP contribution is -2.54. The smallest absolute Gasteiger partial charge is 0.326 e. The molecule has 0 aliphatic rings. The fourth-order valence-electron chi connectivity index (χ4n) is 1.98. The molecule has 3 amide bonds. The van der Waals surface area contributed by atoms with E-state index in [0.29, 0.717) is 0 Å². The molecule has 0 heterocycles. The number of aliphatic hydroxyl groups is 1. The number of hydrogen-bond acceptors (Lipinski definition) is 7. The van der Waals surface area contributed by atoms with Crippen LogP contribution in [0, 0.1) is 5.92 Å². The Labute approximate surface area is 155 Å². The van der Waals surface area contributed by atoms with Crippen LogP contribution >= 0.6 is 0 Å². The van der Waals surface area contributed by atoms with Crippen molar-refractivity contribution in [3.8, 4) is 0 Å². The fourth-order valence-corrected chi connectivity index (χ4v) is 1.98. The van der Waals surface area contributed by atoms with Crippen LogP contribution in [0.4, 0.5) is 0 Å². The van der Waals surface area contributed by atoms with Crippen LogP contribution in [0.2, 0.25) is 0 Å². The minimum absolute atomic E-state index is 0.00665. The van der Waals surface area contributed by atoms with E-state index in [-0.39, 0.29) is 12.3 Å². The molecule has 27 heavy (non-hydrogen) atoms. The predicted molar refractivity (Wildman–Crippen MR) is 91.3 cm³/mol. The standard InChI is InChI=1S/C15H26N4O8/c1-7(2)3-9(19-13(24)8(16)6-20)14(25)17-5-11(21)18-10(15(26)27)4-12(22)23/h7-10,20H,3-6,16H2,1-2H3,(H,17,25)(H,18,21)(H,19,24)(H,22,23)(H,26,27). The summed E-state index contributed by atoms with van der Waals surface area (Å²) in [6.45, 7) is 2.38. The third-order valence-corrected chi connectivity index (χ3v) is 3.31. The summed E-state index contributed by atoms with van der Waals surface area (Å²) < 4.78 is 0. The van der Waals surface area contributed by atoms with E-state index in [9.17, 15) is 24.0 Å². The van der Waals surface area contributed by atoms with E-state index in [1.54, 1.807) is 13.8 Å². The highest BCUT2D eigenvalue weighted by atomic mass is 16.4. The number of aliphatic carboxylic acids is 2. The molecular formula is C15H26N4O8. The molecule has 0 fully saturated rings. The molecule has 12 heteroatoms. The van der Waals surface area contributed by atoms with Crippen molar-refractivity contribution in [1.82, 2.24) is 16.0 Å². The van der Waals surface area contributed by atoms with Crippen LogP contribution in [-0.4, -0.2) is 76.3 Å². The molecule has 0 saturated carbocycles. The summed E-state index contributed by atoms with van der Waals surface area (Å²) in [6, 6.07) is -3.86. The zero-order chi connectivity index (χ0) is 21.1. The molecule has 0 aliphatic heterocycles. The number of carbonyl (C=O) groups excluding carboxylic acids is 3. The van der Waals surface area contributed by atoms with Crippen molar-refractivity contribution in [1.29, 1.82) is 0 Å². The number of amides is 3. The van der Waals surface area contributed by atoms with Gasteiger partial charge in [0.2, 0.25) is 17.7 Å². The summed E-state index contributed by atoms with van der Waals surface area (Å²) in [5, 5.41) is 32.9. The molecule has 154 valence electrons. The van der Waals surface area contributed by atoms with Crippen LogP contribution < -0.4 is 21.7 Å². The normalized spacial score (nSPS) is 14.0. The molecule has 0 bridgehead atoms. The van der Waals surface area contributed by atoms with Crippen LogP contribution in [0.3, 0.4) is 0 Å². The summed E-state index contributed by atoms with van der Waals surface area (Å²) in [6.07, 6.45) is -0.589. The first-order valence-corrected chi connectivity index (χ1v) is 8.16. The van der Waals surface area contributed by atoms with Gasteiger partial charge in [-0.1, -0.05) is 13.8 Å². The van der Waals surface area contributed by atoms with Gasteiger partial charge in [-0.05, 0) is 12.3 Å². The zero-order valence-corrected chi connectivity index (χ0v) is 15.1. The van der Waals surface area contributed by atoms with Gasteiger partial charge in [0.05, 0.1) is 19.6 Å². The van der Waals surface area contributed by atoms with Gasteiger partial charge in [0.1, 0.15) is 18.1 Å². The third kappa shape index (κ3) is 10.1. The van der Waals surface area contributed by atoms with Crippen molar-refractivity contribution < 1.29 is 39.3 Å². The minimum Gasteiger partial charge on any atom is -0.481 e. The molecule has 0 aromatic heterocycles. The molecule has 0 radical (unpaired) electrons. The number of carbonyl (C=O) groups is 5. The van der Waals surface area contributed by atoms with Crippen LogP contribution in [0.5, 0.6) is 0 Å². The Morgan fingerprint density at radius 2 is 1.56 bits per heavy atom. The van der Waals surface area contributed by atoms with Crippen molar-refractivity contribution in [2.45, 2.75) is 44.8 Å². The third-order valence-electron chi connectivity index (χ3n) is 3.31. The number of hydrogen-bond donors (Lipinski definition) is 7. The van der Waals surface area contributed by atoms with Crippen molar-refractivity contribution in [3.63, 3.8) is 0 Å². The Hall–Kier alpha value is -2.73. The van der Waals surface area contributed by atoms with Gasteiger partial charge in [-0.15, -0.1) is 0 Å². The number of nitrogens with two attached hydrogens (primary N) is 1. The average Bonchev–Trinajstić information content (AvgIpc) is 2.56. The first-order chi connectivity index (χ1) is 12.5. The number of aliphatic hydroxyl groups excluding tert-OH is 1. The molecule has 3 atom stereocenters. The highest BCUT2D eigenvalue weighted by Crippen LogP contribution is 2.05. The van der Waals surface area contributed by atoms with Gasteiger partial charge in [-0.2, -0.15) is 0 Å². The Balaban J connectivity index is 4.78. The van der Waals surface area contributed by atoms with E-state index in [2.05, 4.69) is 10.6 Å². The van der Waals surface area contributed by atoms with E-state index >= 15 is 0 Å². The fraction of sp³-hybridized carbons (Fsp3) is 0.667. The van der Waals surface area contributed by atoms with Gasteiger partial charge in [0.25, 0.3) is 0 Å². The van der Waals surface area contributed by atoms with E-state index in [1.807, 2.05) is 5.32 Å².